The van der Waals surface area contributed by atoms with Gasteiger partial charge in [-0.25, -0.2) is 0 Å². The molecule has 0 aromatic rings. The standard InChI is InChI=1S/C22H31NO6/c1-19-5-4-13(26-2)21-11-6-10-12(24)7-20(14(11)15(10)27-3)22(29-9-28-20,17(25)16(19)21)18(21)23-8-19/h8,10-18,24-25H,4-7,9H2,1-3H3/t10-,11-,12+,13+,14-,15+,16-,17+,18+,19+,20-,21+,22+/m1/s1. The first-order valence-electron chi connectivity index (χ1n) is 11.2. The van der Waals surface area contributed by atoms with Crippen molar-refractivity contribution in [1.82, 2.24) is 0 Å². The van der Waals surface area contributed by atoms with Gasteiger partial charge < -0.3 is 29.2 Å². The van der Waals surface area contributed by atoms with Gasteiger partial charge in [0.25, 0.3) is 0 Å². The van der Waals surface area contributed by atoms with Crippen LogP contribution in [0.25, 0.3) is 0 Å². The third-order valence-corrected chi connectivity index (χ3v) is 10.7. The molecule has 5 aliphatic carbocycles. The fourth-order valence-corrected chi connectivity index (χ4v) is 10.2. The van der Waals surface area contributed by atoms with Crippen molar-refractivity contribution in [3.05, 3.63) is 0 Å². The number of nitrogens with zero attached hydrogens (tertiary/aromatic N) is 1. The number of rotatable bonds is 2. The van der Waals surface area contributed by atoms with Crippen LogP contribution in [-0.2, 0) is 18.9 Å². The van der Waals surface area contributed by atoms with Crippen molar-refractivity contribution in [1.29, 1.82) is 0 Å². The van der Waals surface area contributed by atoms with E-state index < -0.39 is 23.4 Å². The number of hydrogen-bond acceptors (Lipinski definition) is 7. The summed E-state index contributed by atoms with van der Waals surface area (Å²) in [6, 6.07) is -0.210. The molecule has 29 heavy (non-hydrogen) atoms. The number of methoxy groups -OCH3 is 2. The Morgan fingerprint density at radius 2 is 2.00 bits per heavy atom. The zero-order valence-electron chi connectivity index (χ0n) is 17.3. The maximum Gasteiger partial charge on any atom is 0.149 e. The third kappa shape index (κ3) is 1.48. The minimum atomic E-state index is -0.943. The lowest BCUT2D eigenvalue weighted by Gasteiger charge is -2.64. The van der Waals surface area contributed by atoms with Crippen LogP contribution in [0.2, 0.25) is 0 Å². The minimum Gasteiger partial charge on any atom is -0.393 e. The molecule has 3 spiro atoms. The summed E-state index contributed by atoms with van der Waals surface area (Å²) in [6.07, 6.45) is 4.06. The molecule has 0 amide bonds. The normalized spacial score (nSPS) is 68.2. The Balaban J connectivity index is 1.57. The van der Waals surface area contributed by atoms with Crippen LogP contribution in [0.4, 0.5) is 0 Å². The lowest BCUT2D eigenvalue weighted by Crippen LogP contribution is -2.76. The topological polar surface area (TPSA) is 89.7 Å². The molecular formula is C22H31NO6. The van der Waals surface area contributed by atoms with Gasteiger partial charge in [-0.05, 0) is 25.2 Å². The Morgan fingerprint density at radius 1 is 1.17 bits per heavy atom. The number of ether oxygens (including phenoxy) is 4. The van der Waals surface area contributed by atoms with Crippen LogP contribution in [0, 0.1) is 34.5 Å². The quantitative estimate of drug-likeness (QED) is 0.705. The van der Waals surface area contributed by atoms with Crippen molar-refractivity contribution >= 4 is 6.21 Å². The summed E-state index contributed by atoms with van der Waals surface area (Å²) < 4.78 is 25.1. The Kier molecular flexibility index (Phi) is 3.16. The molecule has 0 aromatic carbocycles. The summed E-state index contributed by atoms with van der Waals surface area (Å²) >= 11 is 0. The van der Waals surface area contributed by atoms with Crippen molar-refractivity contribution < 1.29 is 29.2 Å². The highest BCUT2D eigenvalue weighted by Gasteiger charge is 2.92. The fraction of sp³-hybridized carbons (Fsp3) is 0.955. The third-order valence-electron chi connectivity index (χ3n) is 10.7. The molecule has 2 heterocycles. The smallest absolute Gasteiger partial charge is 0.149 e. The fourth-order valence-electron chi connectivity index (χ4n) is 10.2. The van der Waals surface area contributed by atoms with Crippen LogP contribution in [0.15, 0.2) is 4.99 Å². The second kappa shape index (κ2) is 5.08. The van der Waals surface area contributed by atoms with Crippen molar-refractivity contribution in [2.75, 3.05) is 21.0 Å². The van der Waals surface area contributed by atoms with Gasteiger partial charge in [0.2, 0.25) is 0 Å². The average molecular weight is 405 g/mol. The Bertz CT molecular complexity index is 806. The van der Waals surface area contributed by atoms with Gasteiger partial charge in [-0.15, -0.1) is 0 Å². The summed E-state index contributed by atoms with van der Waals surface area (Å²) in [6.45, 7) is 2.39. The molecule has 7 bridgehead atoms. The molecular weight excluding hydrogens is 374 g/mol. The van der Waals surface area contributed by atoms with E-state index >= 15 is 0 Å². The molecule has 0 aromatic heterocycles. The van der Waals surface area contributed by atoms with Gasteiger partial charge in [-0.2, -0.15) is 0 Å². The Labute approximate surface area is 170 Å². The highest BCUT2D eigenvalue weighted by Crippen LogP contribution is 2.81. The maximum atomic E-state index is 12.1. The summed E-state index contributed by atoms with van der Waals surface area (Å²) in [4.78, 5) is 5.16. The van der Waals surface area contributed by atoms with E-state index in [1.165, 1.54) is 0 Å². The molecule has 160 valence electrons. The number of aliphatic hydroxyl groups is 2. The first kappa shape index (κ1) is 18.0. The zero-order chi connectivity index (χ0) is 20.0. The molecule has 0 radical (unpaired) electrons. The minimum absolute atomic E-state index is 0.0123. The molecule has 2 aliphatic heterocycles. The predicted molar refractivity (Wildman–Crippen MR) is 101 cm³/mol. The van der Waals surface area contributed by atoms with E-state index in [1.54, 1.807) is 14.2 Å². The highest BCUT2D eigenvalue weighted by atomic mass is 16.7. The van der Waals surface area contributed by atoms with E-state index in [0.29, 0.717) is 6.42 Å². The zero-order valence-corrected chi connectivity index (χ0v) is 17.3. The van der Waals surface area contributed by atoms with Crippen LogP contribution < -0.4 is 0 Å². The van der Waals surface area contributed by atoms with Gasteiger partial charge in [0.1, 0.15) is 18.0 Å². The first-order chi connectivity index (χ1) is 13.9. The monoisotopic (exact) mass is 405 g/mol. The van der Waals surface area contributed by atoms with Crippen molar-refractivity contribution in [2.45, 2.75) is 74.3 Å². The van der Waals surface area contributed by atoms with Gasteiger partial charge in [-0.1, -0.05) is 6.92 Å². The van der Waals surface area contributed by atoms with E-state index in [0.717, 1.165) is 19.3 Å². The summed E-state index contributed by atoms with van der Waals surface area (Å²) in [5, 5.41) is 23.2. The molecule has 6 fully saturated rings. The van der Waals surface area contributed by atoms with Crippen molar-refractivity contribution in [3.63, 3.8) is 0 Å². The van der Waals surface area contributed by atoms with E-state index in [4.69, 9.17) is 23.9 Å². The lowest BCUT2D eigenvalue weighted by atomic mass is 9.44. The number of hydrogen-bond donors (Lipinski definition) is 2. The van der Waals surface area contributed by atoms with E-state index in [2.05, 4.69) is 13.1 Å². The molecule has 0 unspecified atom stereocenters. The molecule has 7 rings (SSSR count). The van der Waals surface area contributed by atoms with Gasteiger partial charge in [-0.3, -0.25) is 4.99 Å². The van der Waals surface area contributed by atoms with Gasteiger partial charge in [0.15, 0.2) is 0 Å². The molecule has 1 saturated heterocycles. The largest absolute Gasteiger partial charge is 0.393 e. The maximum absolute atomic E-state index is 12.1. The molecule has 7 aliphatic rings. The first-order valence-corrected chi connectivity index (χ1v) is 11.2. The predicted octanol–water partition coefficient (Wildman–Crippen LogP) is 0.759. The summed E-state index contributed by atoms with van der Waals surface area (Å²) in [5.41, 5.74) is -2.20. The number of aliphatic imine (C=N–C) groups is 1. The van der Waals surface area contributed by atoms with Crippen LogP contribution in [-0.4, -0.2) is 79.1 Å². The average Bonchev–Trinajstić information content (AvgIpc) is 3.27. The highest BCUT2D eigenvalue weighted by molar-refractivity contribution is 5.71. The summed E-state index contributed by atoms with van der Waals surface area (Å²) in [7, 11) is 3.55. The molecule has 13 atom stereocenters. The van der Waals surface area contributed by atoms with Gasteiger partial charge >= 0.3 is 0 Å². The van der Waals surface area contributed by atoms with Crippen LogP contribution >= 0.6 is 0 Å². The van der Waals surface area contributed by atoms with Gasteiger partial charge in [0, 0.05) is 55.4 Å². The van der Waals surface area contributed by atoms with Crippen LogP contribution in [0.3, 0.4) is 0 Å². The number of fused-ring (bicyclic) bond motifs is 1. The number of aliphatic hydroxyl groups excluding tert-OH is 2. The van der Waals surface area contributed by atoms with Crippen LogP contribution in [0.5, 0.6) is 0 Å². The Hall–Kier alpha value is -0.570. The van der Waals surface area contributed by atoms with E-state index in [9.17, 15) is 10.2 Å². The molecule has 5 saturated carbocycles. The second-order valence-corrected chi connectivity index (χ2v) is 11.0. The lowest BCUT2D eigenvalue weighted by molar-refractivity contribution is -0.243. The molecule has 2 N–H and O–H groups in total. The molecule has 7 heteroatoms. The Morgan fingerprint density at radius 3 is 2.76 bits per heavy atom. The van der Waals surface area contributed by atoms with Crippen molar-refractivity contribution in [3.8, 4) is 0 Å². The van der Waals surface area contributed by atoms with Gasteiger partial charge in [0.05, 0.1) is 30.5 Å². The summed E-state index contributed by atoms with van der Waals surface area (Å²) in [5.74, 6) is 0.396. The van der Waals surface area contributed by atoms with Crippen LogP contribution in [0.1, 0.15) is 32.6 Å². The SMILES string of the molecule is CO[C@H]1[C@@H]2C[C@@H]3[C@H]1[C@@]1(C[C@@H]2O)OCO[C@]12[C@@H](O)[C@H]1[C@@]34[C@@H](OC)CC[C@@]1(C)C=N[C@@H]42. The van der Waals surface area contributed by atoms with Crippen molar-refractivity contribution in [2.24, 2.45) is 39.5 Å². The van der Waals surface area contributed by atoms with E-state index in [1.807, 2.05) is 0 Å². The second-order valence-electron chi connectivity index (χ2n) is 11.0. The van der Waals surface area contributed by atoms with E-state index in [-0.39, 0.29) is 59.5 Å². The molecule has 7 nitrogen and oxygen atoms in total.